The Kier molecular flexibility index (Phi) is 3.17. The second-order valence-corrected chi connectivity index (χ2v) is 6.31. The van der Waals surface area contributed by atoms with Crippen molar-refractivity contribution in [2.75, 3.05) is 0 Å². The van der Waals surface area contributed by atoms with Crippen LogP contribution in [0.1, 0.15) is 24.0 Å². The standard InChI is InChI=1S/C12H13F3O3S/c1-8-3-4-10(9(2)7-8)19(16,17)18-11(5-6-11)12(13,14)15/h3-4,7H,5-6H2,1-2H3. The Morgan fingerprint density at radius 1 is 1.21 bits per heavy atom. The zero-order chi connectivity index (χ0) is 14.5. The van der Waals surface area contributed by atoms with E-state index in [-0.39, 0.29) is 17.7 Å². The topological polar surface area (TPSA) is 43.4 Å². The Morgan fingerprint density at radius 2 is 1.79 bits per heavy atom. The van der Waals surface area contributed by atoms with E-state index in [0.717, 1.165) is 5.56 Å². The van der Waals surface area contributed by atoms with Crippen molar-refractivity contribution in [3.05, 3.63) is 29.3 Å². The van der Waals surface area contributed by atoms with Crippen molar-refractivity contribution in [1.29, 1.82) is 0 Å². The van der Waals surface area contributed by atoms with Gasteiger partial charge in [-0.05, 0) is 38.3 Å². The number of hydrogen-bond acceptors (Lipinski definition) is 3. The number of alkyl halides is 3. The second-order valence-electron chi connectivity index (χ2n) is 4.80. The summed E-state index contributed by atoms with van der Waals surface area (Å²) in [6.07, 6.45) is -5.31. The van der Waals surface area contributed by atoms with E-state index < -0.39 is 21.9 Å². The van der Waals surface area contributed by atoms with E-state index in [1.807, 2.05) is 0 Å². The molecule has 0 heterocycles. The molecule has 0 spiro atoms. The normalized spacial score (nSPS) is 18.4. The molecule has 1 aliphatic carbocycles. The van der Waals surface area contributed by atoms with Gasteiger partial charge in [0.2, 0.25) is 0 Å². The number of halogens is 3. The molecule has 1 aliphatic rings. The molecule has 0 atom stereocenters. The first-order valence-corrected chi connectivity index (χ1v) is 7.08. The minimum Gasteiger partial charge on any atom is -0.250 e. The summed E-state index contributed by atoms with van der Waals surface area (Å²) >= 11 is 0. The molecule has 1 saturated carbocycles. The van der Waals surface area contributed by atoms with Gasteiger partial charge in [-0.25, -0.2) is 0 Å². The van der Waals surface area contributed by atoms with Crippen LogP contribution in [0.4, 0.5) is 13.2 Å². The molecule has 7 heteroatoms. The molecule has 3 nitrogen and oxygen atoms in total. The van der Waals surface area contributed by atoms with E-state index >= 15 is 0 Å². The van der Waals surface area contributed by atoms with Crippen LogP contribution in [0.15, 0.2) is 23.1 Å². The molecule has 0 amide bonds. The van der Waals surface area contributed by atoms with Crippen LogP contribution in [0.2, 0.25) is 0 Å². The quantitative estimate of drug-likeness (QED) is 0.805. The van der Waals surface area contributed by atoms with Crippen LogP contribution in [0.5, 0.6) is 0 Å². The van der Waals surface area contributed by atoms with E-state index in [2.05, 4.69) is 4.18 Å². The molecule has 0 aliphatic heterocycles. The van der Waals surface area contributed by atoms with Gasteiger partial charge in [0.25, 0.3) is 10.1 Å². The fraction of sp³-hybridized carbons (Fsp3) is 0.500. The zero-order valence-corrected chi connectivity index (χ0v) is 11.2. The van der Waals surface area contributed by atoms with Crippen LogP contribution in [0, 0.1) is 13.8 Å². The summed E-state index contributed by atoms with van der Waals surface area (Å²) in [4.78, 5) is -0.214. The lowest BCUT2D eigenvalue weighted by Crippen LogP contribution is -2.36. The molecule has 106 valence electrons. The summed E-state index contributed by atoms with van der Waals surface area (Å²) in [6.45, 7) is 3.29. The van der Waals surface area contributed by atoms with Gasteiger partial charge in [0.1, 0.15) is 0 Å². The highest BCUT2D eigenvalue weighted by Crippen LogP contribution is 2.53. The van der Waals surface area contributed by atoms with Crippen molar-refractivity contribution in [1.82, 2.24) is 0 Å². The minimum atomic E-state index is -4.67. The maximum atomic E-state index is 12.7. The predicted molar refractivity (Wildman–Crippen MR) is 62.2 cm³/mol. The van der Waals surface area contributed by atoms with Crippen molar-refractivity contribution in [2.45, 2.75) is 43.4 Å². The monoisotopic (exact) mass is 294 g/mol. The molecule has 2 rings (SSSR count). The van der Waals surface area contributed by atoms with Crippen molar-refractivity contribution in [3.8, 4) is 0 Å². The van der Waals surface area contributed by atoms with Crippen molar-refractivity contribution in [3.63, 3.8) is 0 Å². The van der Waals surface area contributed by atoms with E-state index in [1.165, 1.54) is 19.1 Å². The van der Waals surface area contributed by atoms with Gasteiger partial charge in [-0.3, -0.25) is 4.18 Å². The number of hydrogen-bond donors (Lipinski definition) is 0. The number of rotatable bonds is 3. The van der Waals surface area contributed by atoms with E-state index in [9.17, 15) is 21.6 Å². The first-order valence-electron chi connectivity index (χ1n) is 5.67. The third kappa shape index (κ3) is 2.62. The Labute approximate surface area is 109 Å². The van der Waals surface area contributed by atoms with Crippen LogP contribution in [-0.2, 0) is 14.3 Å². The summed E-state index contributed by atoms with van der Waals surface area (Å²) in [6, 6.07) is 4.38. The molecule has 0 radical (unpaired) electrons. The molecule has 0 bridgehead atoms. The van der Waals surface area contributed by atoms with Crippen molar-refractivity contribution in [2.24, 2.45) is 0 Å². The molecular weight excluding hydrogens is 281 g/mol. The summed E-state index contributed by atoms with van der Waals surface area (Å²) in [5.41, 5.74) is -1.32. The molecule has 0 saturated heterocycles. The summed E-state index contributed by atoms with van der Waals surface area (Å²) in [5, 5.41) is 0. The Morgan fingerprint density at radius 3 is 2.21 bits per heavy atom. The molecule has 1 aromatic rings. The van der Waals surface area contributed by atoms with Gasteiger partial charge in [0.05, 0.1) is 4.90 Å². The molecule has 19 heavy (non-hydrogen) atoms. The maximum Gasteiger partial charge on any atom is 0.418 e. The lowest BCUT2D eigenvalue weighted by molar-refractivity contribution is -0.207. The summed E-state index contributed by atoms with van der Waals surface area (Å²) in [7, 11) is -4.41. The summed E-state index contributed by atoms with van der Waals surface area (Å²) < 4.78 is 66.5. The largest absolute Gasteiger partial charge is 0.418 e. The Bertz CT molecular complexity index is 601. The molecule has 0 N–H and O–H groups in total. The fourth-order valence-electron chi connectivity index (χ4n) is 1.86. The number of aryl methyl sites for hydroxylation is 2. The zero-order valence-electron chi connectivity index (χ0n) is 10.4. The first kappa shape index (κ1) is 14.3. The average molecular weight is 294 g/mol. The third-order valence-corrected chi connectivity index (χ3v) is 4.62. The van der Waals surface area contributed by atoms with Crippen molar-refractivity contribution >= 4 is 10.1 Å². The Hall–Kier alpha value is -1.08. The molecule has 0 unspecified atom stereocenters. The molecule has 1 fully saturated rings. The average Bonchev–Trinajstić information content (AvgIpc) is 2.96. The van der Waals surface area contributed by atoms with Crippen LogP contribution in [0.3, 0.4) is 0 Å². The van der Waals surface area contributed by atoms with Crippen LogP contribution in [0.25, 0.3) is 0 Å². The minimum absolute atomic E-state index is 0.214. The van der Waals surface area contributed by atoms with E-state index in [1.54, 1.807) is 13.0 Å². The highest BCUT2D eigenvalue weighted by Gasteiger charge is 2.67. The third-order valence-electron chi connectivity index (χ3n) is 3.09. The highest BCUT2D eigenvalue weighted by molar-refractivity contribution is 7.86. The van der Waals surface area contributed by atoms with E-state index in [0.29, 0.717) is 5.56 Å². The van der Waals surface area contributed by atoms with Gasteiger partial charge in [-0.1, -0.05) is 17.7 Å². The molecule has 1 aromatic carbocycles. The SMILES string of the molecule is Cc1ccc(S(=O)(=O)OC2(C(F)(F)F)CC2)c(C)c1. The van der Waals surface area contributed by atoms with Crippen molar-refractivity contribution < 1.29 is 25.8 Å². The van der Waals surface area contributed by atoms with Gasteiger partial charge in [0, 0.05) is 0 Å². The Balaban J connectivity index is 2.34. The fourth-order valence-corrected chi connectivity index (χ4v) is 3.32. The van der Waals surface area contributed by atoms with Crippen LogP contribution in [-0.4, -0.2) is 20.2 Å². The van der Waals surface area contributed by atoms with Gasteiger partial charge in [-0.15, -0.1) is 0 Å². The van der Waals surface area contributed by atoms with E-state index in [4.69, 9.17) is 0 Å². The number of benzene rings is 1. The van der Waals surface area contributed by atoms with Gasteiger partial charge < -0.3 is 0 Å². The highest BCUT2D eigenvalue weighted by atomic mass is 32.2. The van der Waals surface area contributed by atoms with Crippen LogP contribution < -0.4 is 0 Å². The molecular formula is C12H13F3O3S. The second kappa shape index (κ2) is 4.21. The lowest BCUT2D eigenvalue weighted by atomic mass is 10.2. The first-order chi connectivity index (χ1) is 8.57. The maximum absolute atomic E-state index is 12.7. The molecule has 0 aromatic heterocycles. The predicted octanol–water partition coefficient (Wildman–Crippen LogP) is 3.10. The van der Waals surface area contributed by atoms with Gasteiger partial charge in [0.15, 0.2) is 5.60 Å². The van der Waals surface area contributed by atoms with Gasteiger partial charge >= 0.3 is 6.18 Å². The van der Waals surface area contributed by atoms with Gasteiger partial charge in [-0.2, -0.15) is 21.6 Å². The smallest absolute Gasteiger partial charge is 0.250 e. The lowest BCUT2D eigenvalue weighted by Gasteiger charge is -2.20. The summed E-state index contributed by atoms with van der Waals surface area (Å²) in [5.74, 6) is 0. The van der Waals surface area contributed by atoms with Crippen LogP contribution >= 0.6 is 0 Å².